The van der Waals surface area contributed by atoms with E-state index in [4.69, 9.17) is 4.74 Å². The van der Waals surface area contributed by atoms with E-state index in [-0.39, 0.29) is 11.5 Å². The maximum atomic E-state index is 13.0. The molecule has 1 fully saturated rings. The van der Waals surface area contributed by atoms with Gasteiger partial charge in [0.05, 0.1) is 35.4 Å². The maximum absolute atomic E-state index is 13.0. The molecule has 8 nitrogen and oxygen atoms in total. The molecule has 0 saturated carbocycles. The minimum absolute atomic E-state index is 0.00879. The lowest BCUT2D eigenvalue weighted by atomic mass is 9.96. The van der Waals surface area contributed by atoms with Gasteiger partial charge in [0.15, 0.2) is 0 Å². The number of fused-ring (bicyclic) bond motifs is 2. The molecule has 0 aliphatic carbocycles. The second-order valence-electron chi connectivity index (χ2n) is 8.08. The van der Waals surface area contributed by atoms with Gasteiger partial charge in [0.1, 0.15) is 5.75 Å². The minimum atomic E-state index is -0.0477. The first-order valence-corrected chi connectivity index (χ1v) is 10.7. The zero-order chi connectivity index (χ0) is 22.1. The smallest absolute Gasteiger partial charge is 0.261 e. The van der Waals surface area contributed by atoms with Gasteiger partial charge < -0.3 is 9.64 Å². The molecule has 8 heteroatoms. The molecule has 0 N–H and O–H groups in total. The van der Waals surface area contributed by atoms with Crippen molar-refractivity contribution in [3.8, 4) is 5.75 Å². The van der Waals surface area contributed by atoms with Crippen molar-refractivity contribution in [1.29, 1.82) is 0 Å². The Kier molecular flexibility index (Phi) is 5.26. The second-order valence-corrected chi connectivity index (χ2v) is 8.08. The number of carbonyl (C=O) groups is 1. The molecule has 5 rings (SSSR count). The van der Waals surface area contributed by atoms with Gasteiger partial charge in [-0.2, -0.15) is 0 Å². The van der Waals surface area contributed by atoms with Crippen LogP contribution < -0.4 is 10.3 Å². The molecular weight excluding hydrogens is 406 g/mol. The first-order valence-electron chi connectivity index (χ1n) is 10.7. The van der Waals surface area contributed by atoms with Crippen LogP contribution in [-0.2, 0) is 6.54 Å². The van der Waals surface area contributed by atoms with Crippen molar-refractivity contribution in [2.45, 2.75) is 19.4 Å². The van der Waals surface area contributed by atoms with Crippen molar-refractivity contribution in [1.82, 2.24) is 24.4 Å². The average molecular weight is 429 g/mol. The summed E-state index contributed by atoms with van der Waals surface area (Å²) in [6, 6.07) is 10.7. The molecule has 162 valence electrons. The summed E-state index contributed by atoms with van der Waals surface area (Å²) in [4.78, 5) is 40.7. The highest BCUT2D eigenvalue weighted by atomic mass is 16.5. The summed E-state index contributed by atoms with van der Waals surface area (Å²) >= 11 is 0. The highest BCUT2D eigenvalue weighted by Crippen LogP contribution is 2.22. The number of hydrogen-bond acceptors (Lipinski definition) is 6. The van der Waals surface area contributed by atoms with Crippen LogP contribution in [0, 0.1) is 5.92 Å². The second kappa shape index (κ2) is 8.37. The Morgan fingerprint density at radius 3 is 2.56 bits per heavy atom. The SMILES string of the molecule is COc1ccc2c(=O)n(CC3CCN(C(=O)c4ccc5nccnc5c4)CC3)cnc2c1. The Balaban J connectivity index is 1.26. The van der Waals surface area contributed by atoms with Gasteiger partial charge in [-0.25, -0.2) is 4.98 Å². The summed E-state index contributed by atoms with van der Waals surface area (Å²) in [7, 11) is 1.59. The third-order valence-corrected chi connectivity index (χ3v) is 6.11. The number of amides is 1. The Bertz CT molecular complexity index is 1360. The molecule has 0 radical (unpaired) electrons. The Morgan fingerprint density at radius 1 is 1.00 bits per heavy atom. The highest BCUT2D eigenvalue weighted by Gasteiger charge is 2.24. The first kappa shape index (κ1) is 20.1. The quantitative estimate of drug-likeness (QED) is 0.496. The number of benzene rings is 2. The number of rotatable bonds is 4. The first-order chi connectivity index (χ1) is 15.6. The Hall–Kier alpha value is -3.81. The molecule has 1 aliphatic heterocycles. The highest BCUT2D eigenvalue weighted by molar-refractivity contribution is 5.97. The van der Waals surface area contributed by atoms with E-state index < -0.39 is 0 Å². The molecule has 1 saturated heterocycles. The van der Waals surface area contributed by atoms with Gasteiger partial charge in [0, 0.05) is 43.7 Å². The zero-order valence-corrected chi connectivity index (χ0v) is 17.8. The van der Waals surface area contributed by atoms with Gasteiger partial charge in [-0.15, -0.1) is 0 Å². The summed E-state index contributed by atoms with van der Waals surface area (Å²) < 4.78 is 6.89. The lowest BCUT2D eigenvalue weighted by Gasteiger charge is -2.32. The lowest BCUT2D eigenvalue weighted by molar-refractivity contribution is 0.0682. The fourth-order valence-corrected chi connectivity index (χ4v) is 4.27. The number of carbonyl (C=O) groups excluding carboxylic acids is 1. The standard InChI is InChI=1S/C24H23N5O3/c1-32-18-3-4-19-21(13-18)27-15-29(24(19)31)14-16-6-10-28(11-7-16)23(30)17-2-5-20-22(12-17)26-9-8-25-20/h2-5,8-9,12-13,15-16H,6-7,10-11,14H2,1H3. The Morgan fingerprint density at radius 2 is 1.78 bits per heavy atom. The number of piperidine rings is 1. The van der Waals surface area contributed by atoms with Crippen LogP contribution in [0.3, 0.4) is 0 Å². The molecular formula is C24H23N5O3. The number of methoxy groups -OCH3 is 1. The lowest BCUT2D eigenvalue weighted by Crippen LogP contribution is -2.40. The topological polar surface area (TPSA) is 90.2 Å². The van der Waals surface area contributed by atoms with E-state index in [1.54, 1.807) is 60.7 Å². The molecule has 32 heavy (non-hydrogen) atoms. The van der Waals surface area contributed by atoms with Gasteiger partial charge in [0.25, 0.3) is 11.5 Å². The van der Waals surface area contributed by atoms with Gasteiger partial charge >= 0.3 is 0 Å². The van der Waals surface area contributed by atoms with Gasteiger partial charge in [-0.3, -0.25) is 24.1 Å². The van der Waals surface area contributed by atoms with Crippen molar-refractivity contribution < 1.29 is 9.53 Å². The number of likely N-dealkylation sites (tertiary alicyclic amines) is 1. The molecule has 4 aromatic rings. The fourth-order valence-electron chi connectivity index (χ4n) is 4.27. The molecule has 2 aromatic heterocycles. The summed E-state index contributed by atoms with van der Waals surface area (Å²) in [5.41, 5.74) is 2.70. The summed E-state index contributed by atoms with van der Waals surface area (Å²) in [6.45, 7) is 1.92. The summed E-state index contributed by atoms with van der Waals surface area (Å²) in [6.07, 6.45) is 6.56. The predicted molar refractivity (Wildman–Crippen MR) is 121 cm³/mol. The Labute approximate surface area is 184 Å². The molecule has 0 atom stereocenters. The predicted octanol–water partition coefficient (Wildman–Crippen LogP) is 2.90. The number of nitrogens with zero attached hydrogens (tertiary/aromatic N) is 5. The van der Waals surface area contributed by atoms with Gasteiger partial charge in [0.2, 0.25) is 0 Å². The third-order valence-electron chi connectivity index (χ3n) is 6.11. The van der Waals surface area contributed by atoms with Crippen LogP contribution >= 0.6 is 0 Å². The van der Waals surface area contributed by atoms with Crippen LogP contribution in [0.1, 0.15) is 23.2 Å². The number of ether oxygens (including phenoxy) is 1. The van der Waals surface area contributed by atoms with E-state index >= 15 is 0 Å². The van der Waals surface area contributed by atoms with E-state index in [0.717, 1.165) is 18.4 Å². The molecule has 1 amide bonds. The largest absolute Gasteiger partial charge is 0.497 e. The van der Waals surface area contributed by atoms with Crippen molar-refractivity contribution >= 4 is 27.8 Å². The summed E-state index contributed by atoms with van der Waals surface area (Å²) in [5, 5.41) is 0.584. The normalized spacial score (nSPS) is 14.7. The molecule has 2 aromatic carbocycles. The third kappa shape index (κ3) is 3.79. The van der Waals surface area contributed by atoms with Crippen molar-refractivity contribution in [2.75, 3.05) is 20.2 Å². The van der Waals surface area contributed by atoms with Crippen LogP contribution in [-0.4, -0.2) is 50.5 Å². The maximum Gasteiger partial charge on any atom is 0.261 e. The van der Waals surface area contributed by atoms with Crippen LogP contribution in [0.5, 0.6) is 5.75 Å². The van der Waals surface area contributed by atoms with E-state index in [1.165, 1.54) is 0 Å². The monoisotopic (exact) mass is 429 g/mol. The van der Waals surface area contributed by atoms with E-state index in [1.807, 2.05) is 11.0 Å². The van der Waals surface area contributed by atoms with Crippen molar-refractivity contribution in [3.05, 3.63) is 71.0 Å². The zero-order valence-electron chi connectivity index (χ0n) is 17.8. The molecule has 0 bridgehead atoms. The van der Waals surface area contributed by atoms with Crippen LogP contribution in [0.15, 0.2) is 59.9 Å². The molecule has 0 spiro atoms. The van der Waals surface area contributed by atoms with Gasteiger partial charge in [-0.05, 0) is 49.1 Å². The fraction of sp³-hybridized carbons (Fsp3) is 0.292. The van der Waals surface area contributed by atoms with E-state index in [2.05, 4.69) is 15.0 Å². The average Bonchev–Trinajstić information content (AvgIpc) is 2.85. The van der Waals surface area contributed by atoms with Crippen molar-refractivity contribution in [2.24, 2.45) is 5.92 Å². The van der Waals surface area contributed by atoms with Crippen LogP contribution in [0.2, 0.25) is 0 Å². The van der Waals surface area contributed by atoms with Crippen LogP contribution in [0.4, 0.5) is 0 Å². The van der Waals surface area contributed by atoms with Gasteiger partial charge in [-0.1, -0.05) is 0 Å². The molecule has 1 aliphatic rings. The molecule has 0 unspecified atom stereocenters. The number of aromatic nitrogens is 4. The van der Waals surface area contributed by atoms with Crippen LogP contribution in [0.25, 0.3) is 21.9 Å². The van der Waals surface area contributed by atoms with E-state index in [9.17, 15) is 9.59 Å². The van der Waals surface area contributed by atoms with Crippen molar-refractivity contribution in [3.63, 3.8) is 0 Å². The van der Waals surface area contributed by atoms with E-state index in [0.29, 0.717) is 53.3 Å². The minimum Gasteiger partial charge on any atom is -0.497 e. The summed E-state index contributed by atoms with van der Waals surface area (Å²) in [5.74, 6) is 1.00. The molecule has 3 heterocycles. The number of hydrogen-bond donors (Lipinski definition) is 0.